The van der Waals surface area contributed by atoms with Crippen molar-refractivity contribution in [1.82, 2.24) is 15.0 Å². The number of ether oxygens (including phenoxy) is 3. The van der Waals surface area contributed by atoms with E-state index in [1.807, 2.05) is 24.3 Å². The summed E-state index contributed by atoms with van der Waals surface area (Å²) in [5.41, 5.74) is 2.40. The molecular weight excluding hydrogens is 320 g/mol. The molecule has 0 unspecified atom stereocenters. The summed E-state index contributed by atoms with van der Waals surface area (Å²) in [5.74, 6) is 1.50. The van der Waals surface area contributed by atoms with Crippen molar-refractivity contribution in [3.8, 4) is 23.3 Å². The van der Waals surface area contributed by atoms with Crippen LogP contribution in [0.25, 0.3) is 22.8 Å². The summed E-state index contributed by atoms with van der Waals surface area (Å²) in [6, 6.07) is 13.0. The van der Waals surface area contributed by atoms with Crippen LogP contribution in [0.3, 0.4) is 0 Å². The Labute approximate surface area is 144 Å². The maximum absolute atomic E-state index is 9.51. The molecule has 0 amide bonds. The van der Waals surface area contributed by atoms with Crippen LogP contribution in [0.1, 0.15) is 5.56 Å². The molecule has 0 saturated carbocycles. The average Bonchev–Trinajstić information content (AvgIpc) is 3.08. The summed E-state index contributed by atoms with van der Waals surface area (Å²) in [4.78, 5) is 1.31. The van der Waals surface area contributed by atoms with Crippen LogP contribution >= 0.6 is 0 Å². The van der Waals surface area contributed by atoms with Crippen molar-refractivity contribution in [2.75, 3.05) is 21.3 Å². The Bertz CT molecular complexity index is 927. The van der Waals surface area contributed by atoms with Crippen LogP contribution < -0.4 is 14.2 Å². The van der Waals surface area contributed by atoms with E-state index in [0.29, 0.717) is 33.8 Å². The van der Waals surface area contributed by atoms with Gasteiger partial charge in [0.25, 0.3) is 0 Å². The Hall–Kier alpha value is -3.53. The minimum absolute atomic E-state index is 0.269. The molecule has 25 heavy (non-hydrogen) atoms. The number of methoxy groups -OCH3 is 3. The molecule has 0 aliphatic carbocycles. The highest BCUT2D eigenvalue weighted by molar-refractivity contribution is 5.82. The van der Waals surface area contributed by atoms with Crippen LogP contribution in [0.5, 0.6) is 17.2 Å². The molecule has 0 aliphatic rings. The molecule has 3 rings (SSSR count). The first-order valence-electron chi connectivity index (χ1n) is 7.44. The van der Waals surface area contributed by atoms with E-state index in [0.717, 1.165) is 0 Å². The third-order valence-electron chi connectivity index (χ3n) is 3.61. The fraction of sp³-hybridized carbons (Fsp3) is 0.167. The first kappa shape index (κ1) is 16.3. The monoisotopic (exact) mass is 336 g/mol. The summed E-state index contributed by atoms with van der Waals surface area (Å²) in [6.07, 6.45) is 1.66. The third kappa shape index (κ3) is 3.10. The zero-order chi connectivity index (χ0) is 17.8. The lowest BCUT2D eigenvalue weighted by Crippen LogP contribution is -2.00. The average molecular weight is 336 g/mol. The maximum atomic E-state index is 9.51. The van der Waals surface area contributed by atoms with Crippen molar-refractivity contribution in [3.63, 3.8) is 0 Å². The van der Waals surface area contributed by atoms with Crippen molar-refractivity contribution in [1.29, 1.82) is 5.26 Å². The molecular formula is C18H16N4O3. The second-order valence-electron chi connectivity index (χ2n) is 5.08. The number of nitrogens with zero attached hydrogens (tertiary/aromatic N) is 4. The van der Waals surface area contributed by atoms with E-state index < -0.39 is 0 Å². The van der Waals surface area contributed by atoms with Crippen molar-refractivity contribution >= 4 is 22.8 Å². The van der Waals surface area contributed by atoms with E-state index in [1.165, 1.54) is 26.1 Å². The topological polar surface area (TPSA) is 82.2 Å². The quantitative estimate of drug-likeness (QED) is 0.666. The van der Waals surface area contributed by atoms with Crippen LogP contribution in [0.4, 0.5) is 0 Å². The van der Waals surface area contributed by atoms with Gasteiger partial charge in [0.1, 0.15) is 17.1 Å². The van der Waals surface area contributed by atoms with Gasteiger partial charge >= 0.3 is 0 Å². The normalized spacial score (nSPS) is 11.2. The van der Waals surface area contributed by atoms with E-state index in [9.17, 15) is 5.26 Å². The van der Waals surface area contributed by atoms with Crippen LogP contribution in [0.2, 0.25) is 0 Å². The number of fused-ring (bicyclic) bond motifs is 1. The van der Waals surface area contributed by atoms with Gasteiger partial charge in [-0.05, 0) is 35.9 Å². The zero-order valence-electron chi connectivity index (χ0n) is 14.1. The van der Waals surface area contributed by atoms with Crippen molar-refractivity contribution in [3.05, 3.63) is 42.0 Å². The number of hydrogen-bond acceptors (Lipinski definition) is 6. The molecule has 1 aromatic heterocycles. The Kier molecular flexibility index (Phi) is 4.53. The minimum atomic E-state index is 0.269. The van der Waals surface area contributed by atoms with Crippen LogP contribution in [0, 0.1) is 11.3 Å². The first-order chi connectivity index (χ1) is 12.2. The fourth-order valence-corrected chi connectivity index (χ4v) is 2.44. The number of nitriles is 1. The lowest BCUT2D eigenvalue weighted by Gasteiger charge is -2.13. The van der Waals surface area contributed by atoms with Crippen LogP contribution in [0.15, 0.2) is 36.4 Å². The fourth-order valence-electron chi connectivity index (χ4n) is 2.44. The molecule has 7 nitrogen and oxygen atoms in total. The largest absolute Gasteiger partial charge is 0.493 e. The second kappa shape index (κ2) is 6.93. The number of benzene rings is 2. The maximum Gasteiger partial charge on any atom is 0.203 e. The van der Waals surface area contributed by atoms with Gasteiger partial charge in [0, 0.05) is 0 Å². The summed E-state index contributed by atoms with van der Waals surface area (Å²) >= 11 is 0. The molecule has 0 spiro atoms. The van der Waals surface area contributed by atoms with Gasteiger partial charge in [-0.15, -0.1) is 15.0 Å². The van der Waals surface area contributed by atoms with E-state index in [-0.39, 0.29) is 5.70 Å². The predicted molar refractivity (Wildman–Crippen MR) is 93.4 cm³/mol. The number of aromatic nitrogens is 3. The van der Waals surface area contributed by atoms with Crippen LogP contribution in [-0.2, 0) is 0 Å². The molecule has 0 aliphatic heterocycles. The van der Waals surface area contributed by atoms with E-state index in [2.05, 4.69) is 16.3 Å². The van der Waals surface area contributed by atoms with Crippen molar-refractivity contribution < 1.29 is 14.2 Å². The molecule has 7 heteroatoms. The molecule has 1 heterocycles. The first-order valence-corrected chi connectivity index (χ1v) is 7.44. The van der Waals surface area contributed by atoms with Gasteiger partial charge in [0.05, 0.1) is 21.3 Å². The summed E-state index contributed by atoms with van der Waals surface area (Å²) < 4.78 is 16.0. The third-order valence-corrected chi connectivity index (χ3v) is 3.61. The van der Waals surface area contributed by atoms with E-state index in [1.54, 1.807) is 18.2 Å². The Balaban J connectivity index is 2.09. The minimum Gasteiger partial charge on any atom is -0.493 e. The van der Waals surface area contributed by atoms with Gasteiger partial charge in [-0.1, -0.05) is 12.1 Å². The number of rotatable bonds is 5. The lowest BCUT2D eigenvalue weighted by molar-refractivity contribution is 0.324. The summed E-state index contributed by atoms with van der Waals surface area (Å²) in [5, 5.41) is 18.2. The zero-order valence-corrected chi connectivity index (χ0v) is 14.1. The smallest absolute Gasteiger partial charge is 0.203 e. The molecule has 0 saturated heterocycles. The highest BCUT2D eigenvalue weighted by Gasteiger charge is 2.13. The lowest BCUT2D eigenvalue weighted by atomic mass is 10.1. The summed E-state index contributed by atoms with van der Waals surface area (Å²) in [6.45, 7) is 0. The standard InChI is InChI=1S/C18H16N4O3/c1-23-16-9-12(10-17(24-2)18(16)25-3)8-13(11-19)22-20-14-6-4-5-7-15(14)21-22/h4-10H,1-3H3/b13-8-. The van der Waals surface area contributed by atoms with Gasteiger partial charge < -0.3 is 14.2 Å². The molecule has 0 N–H and O–H groups in total. The van der Waals surface area contributed by atoms with Crippen molar-refractivity contribution in [2.24, 2.45) is 0 Å². The molecule has 2 aromatic carbocycles. The van der Waals surface area contributed by atoms with Gasteiger partial charge in [-0.3, -0.25) is 0 Å². The van der Waals surface area contributed by atoms with E-state index >= 15 is 0 Å². The highest BCUT2D eigenvalue weighted by Crippen LogP contribution is 2.38. The van der Waals surface area contributed by atoms with E-state index in [4.69, 9.17) is 14.2 Å². The molecule has 126 valence electrons. The second-order valence-corrected chi connectivity index (χ2v) is 5.08. The number of hydrogen-bond donors (Lipinski definition) is 0. The molecule has 0 atom stereocenters. The van der Waals surface area contributed by atoms with Gasteiger partial charge in [-0.25, -0.2) is 0 Å². The molecule has 0 fully saturated rings. The number of allylic oxidation sites excluding steroid dienone is 1. The molecule has 0 radical (unpaired) electrons. The molecule has 3 aromatic rings. The van der Waals surface area contributed by atoms with Gasteiger partial charge in [-0.2, -0.15) is 5.26 Å². The Morgan fingerprint density at radius 2 is 1.56 bits per heavy atom. The van der Waals surface area contributed by atoms with Crippen LogP contribution in [-0.4, -0.2) is 36.3 Å². The Morgan fingerprint density at radius 1 is 1.00 bits per heavy atom. The Morgan fingerprint density at radius 3 is 2.00 bits per heavy atom. The van der Waals surface area contributed by atoms with Crippen molar-refractivity contribution in [2.45, 2.75) is 0 Å². The SMILES string of the molecule is COc1cc(/C=C(/C#N)n2nc3ccccc3n2)cc(OC)c1OC. The highest BCUT2D eigenvalue weighted by atomic mass is 16.5. The van der Waals surface area contributed by atoms with Gasteiger partial charge in [0.2, 0.25) is 5.75 Å². The summed E-state index contributed by atoms with van der Waals surface area (Å²) in [7, 11) is 4.62. The molecule has 0 bridgehead atoms. The predicted octanol–water partition coefficient (Wildman–Crippen LogP) is 2.98. The van der Waals surface area contributed by atoms with Gasteiger partial charge in [0.15, 0.2) is 17.2 Å².